The first-order valence-corrected chi connectivity index (χ1v) is 7.61. The Hall–Kier alpha value is 2.46. The third-order valence-electron chi connectivity index (χ3n) is 1.74. The molecule has 0 N–H and O–H groups in total. The van der Waals surface area contributed by atoms with E-state index in [2.05, 4.69) is 6.92 Å². The van der Waals surface area contributed by atoms with Crippen molar-refractivity contribution in [3.05, 3.63) is 0 Å². The van der Waals surface area contributed by atoms with Gasteiger partial charge in [0.05, 0.1) is 0 Å². The molecule has 0 aliphatic heterocycles. The predicted molar refractivity (Wildman–Crippen MR) is 52.3 cm³/mol. The summed E-state index contributed by atoms with van der Waals surface area (Å²) in [4.78, 5) is 0. The Kier molecular flexibility index (Phi) is 21.6. The molecule has 0 amide bonds. The van der Waals surface area contributed by atoms with Gasteiger partial charge in [-0.25, -0.2) is 0 Å². The molecule has 0 aromatic carbocycles. The van der Waals surface area contributed by atoms with E-state index in [1.807, 2.05) is 0 Å². The monoisotopic (exact) mass is 216 g/mol. The number of hydrogen-bond donors (Lipinski definition) is 0. The maximum Gasteiger partial charge on any atom is 1.00 e. The molecule has 3 heteroatoms. The summed E-state index contributed by atoms with van der Waals surface area (Å²) >= 11 is -0.153. The minimum Gasteiger partial charge on any atom is -1.00 e. The van der Waals surface area contributed by atoms with Crippen molar-refractivity contribution in [3.8, 4) is 0 Å². The Morgan fingerprint density at radius 1 is 1.09 bits per heavy atom. The van der Waals surface area contributed by atoms with Crippen molar-refractivity contribution in [3.63, 3.8) is 0 Å². The first-order chi connectivity index (χ1) is 4.91. The van der Waals surface area contributed by atoms with Crippen LogP contribution in [0.1, 0.15) is 46.9 Å². The molecule has 0 spiro atoms. The van der Waals surface area contributed by atoms with Gasteiger partial charge in [0.25, 0.3) is 0 Å². The van der Waals surface area contributed by atoms with E-state index >= 15 is 0 Å². The molecule has 0 heterocycles. The molecule has 62 valence electrons. The summed E-state index contributed by atoms with van der Waals surface area (Å²) in [5.41, 5.74) is 0. The molecule has 0 nitrogen and oxygen atoms in total. The van der Waals surface area contributed by atoms with Gasteiger partial charge in [0.15, 0.2) is 0 Å². The Morgan fingerprint density at radius 2 is 1.64 bits per heavy atom. The number of rotatable bonds is 7. The second kappa shape index (κ2) is 15.0. The molecule has 0 rings (SSSR count). The number of unbranched alkanes of at least 4 members (excludes halogenated alkanes) is 5. The topological polar surface area (TPSA) is 0 Å². The first kappa shape index (κ1) is 15.9. The molecule has 0 aromatic rings. The second-order valence-electron chi connectivity index (χ2n) is 2.81. The average Bonchev–Trinajstić information content (AvgIpc) is 1.97. The van der Waals surface area contributed by atoms with E-state index in [-0.39, 0.29) is 67.1 Å². The van der Waals surface area contributed by atoms with Gasteiger partial charge in [0.2, 0.25) is 0 Å². The van der Waals surface area contributed by atoms with Crippen LogP contribution in [-0.2, 0) is 0 Å². The van der Waals surface area contributed by atoms with Gasteiger partial charge in [-0.15, -0.1) is 0 Å². The minimum absolute atomic E-state index is 0. The Labute approximate surface area is 126 Å². The van der Waals surface area contributed by atoms with Crippen molar-refractivity contribution < 1.29 is 52.8 Å². The van der Waals surface area contributed by atoms with Crippen molar-refractivity contribution in [2.24, 2.45) is 0 Å². The quantitative estimate of drug-likeness (QED) is 0.429. The van der Waals surface area contributed by atoms with Crippen molar-refractivity contribution >= 4 is 24.3 Å². The zero-order chi connectivity index (χ0) is 7.66. The zero-order valence-electron chi connectivity index (χ0n) is 9.03. The normalized spacial score (nSPS) is 8.91. The van der Waals surface area contributed by atoms with Crippen molar-refractivity contribution in [1.82, 2.24) is 0 Å². The van der Waals surface area contributed by atoms with Crippen molar-refractivity contribution in [1.29, 1.82) is 0 Å². The average molecular weight is 217 g/mol. The molecule has 0 aliphatic carbocycles. The van der Waals surface area contributed by atoms with Gasteiger partial charge >= 0.3 is 65.7 Å². The third-order valence-corrected chi connectivity index (χ3v) is 3.31. The molecule has 0 aromatic heterocycles. The fourth-order valence-corrected chi connectivity index (χ4v) is 2.16. The maximum atomic E-state index is 5.68. The molecule has 0 saturated heterocycles. The van der Waals surface area contributed by atoms with Crippen LogP contribution < -0.4 is 51.4 Å². The Morgan fingerprint density at radius 3 is 2.18 bits per heavy atom. The van der Waals surface area contributed by atoms with Gasteiger partial charge in [-0.1, -0.05) is 50.7 Å². The molecule has 0 bridgehead atoms. The molecule has 0 unspecified atom stereocenters. The molecule has 0 saturated carbocycles. The van der Waals surface area contributed by atoms with Crippen LogP contribution in [0.25, 0.3) is 0 Å². The fraction of sp³-hybridized carbons (Fsp3) is 1.00. The third kappa shape index (κ3) is 15.2. The number of halogens is 1. The maximum absolute atomic E-state index is 5.68. The zero-order valence-corrected chi connectivity index (χ0v) is 13.3. The largest absolute Gasteiger partial charge is 1.00 e. The van der Waals surface area contributed by atoms with E-state index in [4.69, 9.17) is 10.0 Å². The predicted octanol–water partition coefficient (Wildman–Crippen LogP) is 0.472. The van der Waals surface area contributed by atoms with Gasteiger partial charge in [-0.05, 0) is 0 Å². The number of hydrogen-bond acceptors (Lipinski definition) is 0. The van der Waals surface area contributed by atoms with Gasteiger partial charge < -0.3 is 1.43 Å². The van der Waals surface area contributed by atoms with Gasteiger partial charge in [-0.3, -0.25) is 10.0 Å². The Balaban J connectivity index is -0.000000405. The van der Waals surface area contributed by atoms with E-state index in [1.54, 1.807) is 0 Å². The van der Waals surface area contributed by atoms with E-state index < -0.39 is 0 Å². The fourth-order valence-electron chi connectivity index (χ4n) is 1.05. The van der Waals surface area contributed by atoms with Crippen LogP contribution in [0.5, 0.6) is 0 Å². The summed E-state index contributed by atoms with van der Waals surface area (Å²) in [7, 11) is 5.68. The van der Waals surface area contributed by atoms with Crippen LogP contribution in [0.4, 0.5) is 0 Å². The molecule has 0 fully saturated rings. The van der Waals surface area contributed by atoms with Gasteiger partial charge in [-0.2, -0.15) is 0 Å². The smallest absolute Gasteiger partial charge is 1.00 e. The van der Waals surface area contributed by atoms with Crippen LogP contribution in [0, 0.1) is 0 Å². The molecule has 0 radical (unpaired) electrons. The van der Waals surface area contributed by atoms with E-state index in [9.17, 15) is 0 Å². The van der Waals surface area contributed by atoms with Crippen LogP contribution in [0.2, 0.25) is 5.28 Å². The van der Waals surface area contributed by atoms with Crippen LogP contribution in [0.3, 0.4) is 0 Å². The van der Waals surface area contributed by atoms with Crippen LogP contribution in [-0.4, -0.2) is 14.3 Å². The molecular weight excluding hydrogens is 198 g/mol. The molecular formula is C8H19AlClK. The molecule has 0 aliphatic rings. The first-order valence-electron chi connectivity index (χ1n) is 4.47. The summed E-state index contributed by atoms with van der Waals surface area (Å²) in [5, 5.41) is 1.34. The standard InChI is InChI=1S/C8H17.Al.ClH.K.2H/c1-3-5-7-8-6-4-2;;;;;/h1,3-8H2,2H3;;1H;;;/q;+1;;+1;;-1/p-1. The van der Waals surface area contributed by atoms with Crippen LogP contribution >= 0.6 is 10.0 Å². The SMILES string of the molecule is CCCCCCC[CH2][AlH][Cl].[H-].[K+]. The van der Waals surface area contributed by atoms with E-state index in [1.165, 1.54) is 43.8 Å². The van der Waals surface area contributed by atoms with Crippen molar-refractivity contribution in [2.75, 3.05) is 0 Å². The minimum atomic E-state index is -0.153. The van der Waals surface area contributed by atoms with Gasteiger partial charge in [0.1, 0.15) is 0 Å². The van der Waals surface area contributed by atoms with E-state index in [0.717, 1.165) is 0 Å². The van der Waals surface area contributed by atoms with Crippen LogP contribution in [0.15, 0.2) is 0 Å². The van der Waals surface area contributed by atoms with E-state index in [0.29, 0.717) is 0 Å². The van der Waals surface area contributed by atoms with Crippen molar-refractivity contribution in [2.45, 2.75) is 50.7 Å². The Bertz CT molecular complexity index is 59.0. The summed E-state index contributed by atoms with van der Waals surface area (Å²) < 4.78 is 0. The summed E-state index contributed by atoms with van der Waals surface area (Å²) in [6, 6.07) is 0. The van der Waals surface area contributed by atoms with Gasteiger partial charge in [0, 0.05) is 0 Å². The molecule has 11 heavy (non-hydrogen) atoms. The second-order valence-corrected chi connectivity index (χ2v) is 5.03. The summed E-state index contributed by atoms with van der Waals surface area (Å²) in [6.07, 6.45) is 8.43. The summed E-state index contributed by atoms with van der Waals surface area (Å²) in [6.45, 7) is 2.26. The summed E-state index contributed by atoms with van der Waals surface area (Å²) in [5.74, 6) is 0. The molecule has 0 atom stereocenters.